The molecule has 1 heterocycles. The van der Waals surface area contributed by atoms with E-state index in [9.17, 15) is 0 Å². The van der Waals surface area contributed by atoms with Gasteiger partial charge in [-0.15, -0.1) is 0 Å². The molecule has 4 heteroatoms. The van der Waals surface area contributed by atoms with Crippen molar-refractivity contribution in [1.29, 1.82) is 0 Å². The van der Waals surface area contributed by atoms with Crippen LogP contribution in [-0.4, -0.2) is 30.7 Å². The van der Waals surface area contributed by atoms with Crippen LogP contribution in [0.25, 0.3) is 0 Å². The second-order valence-electron chi connectivity index (χ2n) is 2.21. The van der Waals surface area contributed by atoms with Gasteiger partial charge in [0.2, 0.25) is 0 Å². The molecule has 2 N–H and O–H groups in total. The van der Waals surface area contributed by atoms with Gasteiger partial charge in [0.1, 0.15) is 6.61 Å². The predicted molar refractivity (Wildman–Crippen MR) is 44.4 cm³/mol. The van der Waals surface area contributed by atoms with Crippen molar-refractivity contribution in [3.63, 3.8) is 0 Å². The molecule has 0 aromatic rings. The molecule has 58 valence electrons. The summed E-state index contributed by atoms with van der Waals surface area (Å²) in [6, 6.07) is 0.665. The van der Waals surface area contributed by atoms with Crippen molar-refractivity contribution >= 4 is 17.8 Å². The molecule has 1 aliphatic heterocycles. The topological polar surface area (TPSA) is 47.6 Å². The molecule has 0 amide bonds. The van der Waals surface area contributed by atoms with Gasteiger partial charge in [-0.2, -0.15) is 11.8 Å². The third-order valence-corrected chi connectivity index (χ3v) is 2.03. The maximum Gasteiger partial charge on any atom is 0.282 e. The van der Waals surface area contributed by atoms with Gasteiger partial charge >= 0.3 is 0 Å². The van der Waals surface area contributed by atoms with E-state index in [1.807, 2.05) is 11.8 Å². The van der Waals surface area contributed by atoms with E-state index in [1.54, 1.807) is 0 Å². The zero-order valence-corrected chi connectivity index (χ0v) is 6.86. The van der Waals surface area contributed by atoms with E-state index in [2.05, 4.69) is 11.2 Å². The number of ether oxygens (including phenoxy) is 1. The molecule has 0 saturated carbocycles. The third kappa shape index (κ3) is 2.10. The Balaban J connectivity index is 2.18. The average Bonchev–Trinajstić information content (AvgIpc) is 2.31. The van der Waals surface area contributed by atoms with Gasteiger partial charge in [0, 0.05) is 0 Å². The lowest BCUT2D eigenvalue weighted by molar-refractivity contribution is 0.311. The number of nitrogens with two attached hydrogens (primary N) is 1. The minimum absolute atomic E-state index is 0.312. The molecular weight excluding hydrogens is 148 g/mol. The number of aliphatic imine (C=N–C) groups is 1. The predicted octanol–water partition coefficient (Wildman–Crippen LogP) is 0.453. The van der Waals surface area contributed by atoms with Crippen LogP contribution in [0.15, 0.2) is 4.99 Å². The summed E-state index contributed by atoms with van der Waals surface area (Å²) in [6.07, 6.45) is 3.16. The van der Waals surface area contributed by atoms with Crippen LogP contribution < -0.4 is 5.73 Å². The molecule has 0 spiro atoms. The van der Waals surface area contributed by atoms with Gasteiger partial charge in [-0.25, -0.2) is 4.99 Å². The quantitative estimate of drug-likeness (QED) is 0.652. The third-order valence-electron chi connectivity index (χ3n) is 1.39. The van der Waals surface area contributed by atoms with Gasteiger partial charge in [0.05, 0.1) is 6.04 Å². The van der Waals surface area contributed by atoms with Gasteiger partial charge in [-0.3, -0.25) is 0 Å². The molecule has 0 bridgehead atoms. The Morgan fingerprint density at radius 2 is 2.70 bits per heavy atom. The van der Waals surface area contributed by atoms with E-state index in [0.29, 0.717) is 18.7 Å². The molecule has 0 aromatic carbocycles. The molecule has 0 radical (unpaired) electrons. The summed E-state index contributed by atoms with van der Waals surface area (Å²) in [5, 5.41) is 0. The summed E-state index contributed by atoms with van der Waals surface area (Å²) >= 11 is 1.82. The van der Waals surface area contributed by atoms with Crippen LogP contribution in [-0.2, 0) is 4.74 Å². The van der Waals surface area contributed by atoms with E-state index in [1.165, 1.54) is 0 Å². The number of amidine groups is 1. The number of hydrogen-bond acceptors (Lipinski definition) is 4. The molecular formula is C6H12N2OS. The Labute approximate surface area is 65.0 Å². The fourth-order valence-electron chi connectivity index (χ4n) is 0.838. The SMILES string of the molecule is CSCC[C@H]1COC(N)=N1. The summed E-state index contributed by atoms with van der Waals surface area (Å²) in [4.78, 5) is 4.08. The minimum atomic E-state index is 0.312. The van der Waals surface area contributed by atoms with Crippen molar-refractivity contribution in [2.75, 3.05) is 18.6 Å². The molecule has 0 saturated heterocycles. The highest BCUT2D eigenvalue weighted by Crippen LogP contribution is 2.08. The number of thioether (sulfide) groups is 1. The zero-order valence-electron chi connectivity index (χ0n) is 6.04. The largest absolute Gasteiger partial charge is 0.463 e. The monoisotopic (exact) mass is 160 g/mol. The Hall–Kier alpha value is -0.380. The Kier molecular flexibility index (Phi) is 2.86. The molecule has 0 aromatic heterocycles. The second-order valence-corrected chi connectivity index (χ2v) is 3.20. The van der Waals surface area contributed by atoms with Gasteiger partial charge in [-0.1, -0.05) is 0 Å². The minimum Gasteiger partial charge on any atom is -0.463 e. The van der Waals surface area contributed by atoms with E-state index < -0.39 is 0 Å². The Morgan fingerprint density at radius 1 is 1.90 bits per heavy atom. The first kappa shape index (κ1) is 7.72. The van der Waals surface area contributed by atoms with Crippen molar-refractivity contribution in [3.8, 4) is 0 Å². The highest BCUT2D eigenvalue weighted by Gasteiger charge is 2.15. The number of rotatable bonds is 3. The molecule has 1 atom stereocenters. The molecule has 0 fully saturated rings. The average molecular weight is 160 g/mol. The Bertz CT molecular complexity index is 138. The maximum absolute atomic E-state index is 5.32. The lowest BCUT2D eigenvalue weighted by Crippen LogP contribution is -2.10. The van der Waals surface area contributed by atoms with E-state index >= 15 is 0 Å². The van der Waals surface area contributed by atoms with Crippen LogP contribution in [0, 0.1) is 0 Å². The summed E-state index contributed by atoms with van der Waals surface area (Å²) in [5.41, 5.74) is 5.32. The van der Waals surface area contributed by atoms with Crippen LogP contribution >= 0.6 is 11.8 Å². The molecule has 0 unspecified atom stereocenters. The van der Waals surface area contributed by atoms with Gasteiger partial charge in [0.25, 0.3) is 6.02 Å². The normalized spacial score (nSPS) is 24.1. The van der Waals surface area contributed by atoms with Crippen molar-refractivity contribution in [2.45, 2.75) is 12.5 Å². The standard InChI is InChI=1S/C6H12N2OS/c1-10-3-2-5-4-9-6(7)8-5/h5H,2-4H2,1H3,(H2,7,8)/t5-/m0/s1. The maximum atomic E-state index is 5.32. The zero-order chi connectivity index (χ0) is 7.40. The lowest BCUT2D eigenvalue weighted by atomic mass is 10.3. The first-order valence-electron chi connectivity index (χ1n) is 3.28. The first-order chi connectivity index (χ1) is 4.83. The van der Waals surface area contributed by atoms with Crippen molar-refractivity contribution in [1.82, 2.24) is 0 Å². The van der Waals surface area contributed by atoms with Gasteiger partial charge in [0.15, 0.2) is 0 Å². The summed E-state index contributed by atoms with van der Waals surface area (Å²) < 4.78 is 4.98. The van der Waals surface area contributed by atoms with Crippen LogP contribution in [0.5, 0.6) is 0 Å². The van der Waals surface area contributed by atoms with Crippen molar-refractivity contribution in [2.24, 2.45) is 10.7 Å². The fourth-order valence-corrected chi connectivity index (χ4v) is 1.35. The highest BCUT2D eigenvalue weighted by molar-refractivity contribution is 7.98. The lowest BCUT2D eigenvalue weighted by Gasteiger charge is -2.00. The first-order valence-corrected chi connectivity index (χ1v) is 4.67. The number of nitrogens with zero attached hydrogens (tertiary/aromatic N) is 1. The Morgan fingerprint density at radius 3 is 3.20 bits per heavy atom. The van der Waals surface area contributed by atoms with Crippen molar-refractivity contribution < 1.29 is 4.74 Å². The summed E-state index contributed by atoms with van der Waals surface area (Å²) in [6.45, 7) is 0.673. The highest BCUT2D eigenvalue weighted by atomic mass is 32.2. The van der Waals surface area contributed by atoms with Crippen LogP contribution in [0.2, 0.25) is 0 Å². The second kappa shape index (κ2) is 3.71. The van der Waals surface area contributed by atoms with Gasteiger partial charge in [-0.05, 0) is 18.4 Å². The molecule has 1 rings (SSSR count). The summed E-state index contributed by atoms with van der Waals surface area (Å²) in [7, 11) is 0. The van der Waals surface area contributed by atoms with Crippen LogP contribution in [0.3, 0.4) is 0 Å². The molecule has 1 aliphatic rings. The van der Waals surface area contributed by atoms with Crippen LogP contribution in [0.1, 0.15) is 6.42 Å². The molecule has 3 nitrogen and oxygen atoms in total. The molecule has 10 heavy (non-hydrogen) atoms. The summed E-state index contributed by atoms with van der Waals surface area (Å²) in [5.74, 6) is 1.13. The van der Waals surface area contributed by atoms with Crippen molar-refractivity contribution in [3.05, 3.63) is 0 Å². The van der Waals surface area contributed by atoms with E-state index in [-0.39, 0.29) is 0 Å². The van der Waals surface area contributed by atoms with E-state index in [4.69, 9.17) is 10.5 Å². The smallest absolute Gasteiger partial charge is 0.282 e. The van der Waals surface area contributed by atoms with E-state index in [0.717, 1.165) is 12.2 Å². The molecule has 0 aliphatic carbocycles. The van der Waals surface area contributed by atoms with Gasteiger partial charge < -0.3 is 10.5 Å². The number of hydrogen-bond donors (Lipinski definition) is 1. The van der Waals surface area contributed by atoms with Crippen LogP contribution in [0.4, 0.5) is 0 Å². The fraction of sp³-hybridized carbons (Fsp3) is 0.833.